The number of ether oxygens (including phenoxy) is 2. The summed E-state index contributed by atoms with van der Waals surface area (Å²) < 4.78 is 10.9. The van der Waals surface area contributed by atoms with Crippen LogP contribution in [-0.2, 0) is 14.3 Å². The second-order valence-corrected chi connectivity index (χ2v) is 6.29. The third-order valence-corrected chi connectivity index (χ3v) is 4.39. The Morgan fingerprint density at radius 2 is 1.92 bits per heavy atom. The molecule has 1 aliphatic rings. The zero-order chi connectivity index (χ0) is 16.9. The van der Waals surface area contributed by atoms with Crippen molar-refractivity contribution < 1.29 is 14.3 Å². The van der Waals surface area contributed by atoms with E-state index in [1.54, 1.807) is 0 Å². The quantitative estimate of drug-likeness (QED) is 0.416. The molecule has 126 valence electrons. The first-order valence-corrected chi connectivity index (χ1v) is 8.68. The van der Waals surface area contributed by atoms with Crippen LogP contribution in [0.2, 0.25) is 0 Å². The summed E-state index contributed by atoms with van der Waals surface area (Å²) in [6.45, 7) is 4.71. The highest BCUT2D eigenvalue weighted by Gasteiger charge is 2.47. The van der Waals surface area contributed by atoms with Gasteiger partial charge in [0.15, 0.2) is 6.10 Å². The number of benzene rings is 2. The van der Waals surface area contributed by atoms with Crippen molar-refractivity contribution in [3.05, 3.63) is 59.7 Å². The van der Waals surface area contributed by atoms with Crippen LogP contribution in [0, 0.1) is 6.92 Å². The van der Waals surface area contributed by atoms with E-state index in [9.17, 15) is 4.79 Å². The molecule has 3 rings (SSSR count). The number of carbonyl (C=O) groups excluding carboxylic acids is 1. The predicted molar refractivity (Wildman–Crippen MR) is 94.7 cm³/mol. The molecule has 2 atom stereocenters. The van der Waals surface area contributed by atoms with E-state index >= 15 is 0 Å². The minimum absolute atomic E-state index is 0.174. The smallest absolute Gasteiger partial charge is 0.338 e. The lowest BCUT2D eigenvalue weighted by atomic mass is 9.96. The van der Waals surface area contributed by atoms with Gasteiger partial charge in [0, 0.05) is 0 Å². The Morgan fingerprint density at radius 3 is 2.67 bits per heavy atom. The fourth-order valence-electron chi connectivity index (χ4n) is 2.90. The van der Waals surface area contributed by atoms with Gasteiger partial charge in [-0.15, -0.1) is 0 Å². The molecule has 2 aromatic carbocycles. The van der Waals surface area contributed by atoms with E-state index in [1.807, 2.05) is 24.3 Å². The van der Waals surface area contributed by atoms with Crippen molar-refractivity contribution in [1.82, 2.24) is 0 Å². The van der Waals surface area contributed by atoms with Gasteiger partial charge in [0.1, 0.15) is 6.10 Å². The van der Waals surface area contributed by atoms with Gasteiger partial charge in [0.2, 0.25) is 0 Å². The molecule has 2 aromatic rings. The topological polar surface area (TPSA) is 38.8 Å². The third-order valence-electron chi connectivity index (χ3n) is 4.39. The van der Waals surface area contributed by atoms with Crippen LogP contribution in [0.25, 0.3) is 11.1 Å². The van der Waals surface area contributed by atoms with Gasteiger partial charge in [-0.1, -0.05) is 62.2 Å². The van der Waals surface area contributed by atoms with E-state index in [1.165, 1.54) is 16.7 Å². The molecule has 2 unspecified atom stereocenters. The Labute approximate surface area is 143 Å². The fourth-order valence-corrected chi connectivity index (χ4v) is 2.90. The first kappa shape index (κ1) is 16.7. The second-order valence-electron chi connectivity index (χ2n) is 6.29. The van der Waals surface area contributed by atoms with E-state index in [4.69, 9.17) is 9.47 Å². The zero-order valence-electron chi connectivity index (χ0n) is 14.3. The normalized spacial score (nSPS) is 19.1. The number of rotatable bonds is 7. The lowest BCUT2D eigenvalue weighted by Crippen LogP contribution is -2.13. The molecule has 0 N–H and O–H groups in total. The molecule has 3 heteroatoms. The van der Waals surface area contributed by atoms with Gasteiger partial charge < -0.3 is 9.47 Å². The Balaban J connectivity index is 1.66. The fraction of sp³-hybridized carbons (Fsp3) is 0.381. The summed E-state index contributed by atoms with van der Waals surface area (Å²) in [5.74, 6) is -0.238. The largest absolute Gasteiger partial charge is 0.464 e. The van der Waals surface area contributed by atoms with Crippen molar-refractivity contribution in [3.63, 3.8) is 0 Å². The van der Waals surface area contributed by atoms with Crippen molar-refractivity contribution in [3.8, 4) is 11.1 Å². The van der Waals surface area contributed by atoms with Crippen LogP contribution in [0.3, 0.4) is 0 Å². The summed E-state index contributed by atoms with van der Waals surface area (Å²) >= 11 is 0. The number of unbranched alkanes of at least 4 members (excludes halogenated alkanes) is 2. The standard InChI is InChI=1S/C21H24O3/c1-3-4-8-13-23-21(22)20-19(24-20)17-12-11-15(2)18(14-17)16-9-6-5-7-10-16/h5-7,9-12,14,19-20H,3-4,8,13H2,1-2H3. The monoisotopic (exact) mass is 324 g/mol. The van der Waals surface area contributed by atoms with Gasteiger partial charge in [-0.2, -0.15) is 0 Å². The minimum Gasteiger partial charge on any atom is -0.464 e. The number of hydrogen-bond donors (Lipinski definition) is 0. The summed E-state index contributed by atoms with van der Waals surface area (Å²) in [6, 6.07) is 16.5. The molecule has 0 aliphatic carbocycles. The van der Waals surface area contributed by atoms with E-state index in [0.717, 1.165) is 24.8 Å². The molecular weight excluding hydrogens is 300 g/mol. The Bertz CT molecular complexity index is 693. The van der Waals surface area contributed by atoms with E-state index in [0.29, 0.717) is 6.61 Å². The van der Waals surface area contributed by atoms with Crippen molar-refractivity contribution in [2.45, 2.75) is 45.3 Å². The molecule has 0 bridgehead atoms. The van der Waals surface area contributed by atoms with Crippen LogP contribution >= 0.6 is 0 Å². The van der Waals surface area contributed by atoms with E-state index in [-0.39, 0.29) is 12.1 Å². The average Bonchev–Trinajstić information content (AvgIpc) is 3.40. The molecule has 1 fully saturated rings. The SMILES string of the molecule is CCCCCOC(=O)C1OC1c1ccc(C)c(-c2ccccc2)c1. The lowest BCUT2D eigenvalue weighted by Gasteiger charge is -2.08. The first-order valence-electron chi connectivity index (χ1n) is 8.68. The summed E-state index contributed by atoms with van der Waals surface area (Å²) in [6.07, 6.45) is 2.50. The van der Waals surface area contributed by atoms with E-state index < -0.39 is 6.10 Å². The Morgan fingerprint density at radius 1 is 1.12 bits per heavy atom. The van der Waals surface area contributed by atoms with Gasteiger partial charge in [0.05, 0.1) is 6.61 Å². The van der Waals surface area contributed by atoms with Crippen molar-refractivity contribution in [2.24, 2.45) is 0 Å². The molecule has 3 nitrogen and oxygen atoms in total. The number of hydrogen-bond acceptors (Lipinski definition) is 3. The maximum Gasteiger partial charge on any atom is 0.338 e. The van der Waals surface area contributed by atoms with Crippen LogP contribution in [-0.4, -0.2) is 18.7 Å². The van der Waals surface area contributed by atoms with Crippen molar-refractivity contribution in [2.75, 3.05) is 6.61 Å². The maximum atomic E-state index is 12.0. The van der Waals surface area contributed by atoms with Gasteiger partial charge in [-0.05, 0) is 41.7 Å². The summed E-state index contributed by atoms with van der Waals surface area (Å²) in [7, 11) is 0. The lowest BCUT2D eigenvalue weighted by molar-refractivity contribution is -0.145. The van der Waals surface area contributed by atoms with Crippen LogP contribution < -0.4 is 0 Å². The van der Waals surface area contributed by atoms with Crippen LogP contribution in [0.1, 0.15) is 43.4 Å². The minimum atomic E-state index is -0.446. The van der Waals surface area contributed by atoms with Gasteiger partial charge >= 0.3 is 5.97 Å². The third kappa shape index (κ3) is 3.85. The highest BCUT2D eigenvalue weighted by molar-refractivity contribution is 5.79. The van der Waals surface area contributed by atoms with Crippen molar-refractivity contribution >= 4 is 5.97 Å². The van der Waals surface area contributed by atoms with Crippen LogP contribution in [0.15, 0.2) is 48.5 Å². The first-order chi connectivity index (χ1) is 11.7. The Hall–Kier alpha value is -2.13. The maximum absolute atomic E-state index is 12.0. The van der Waals surface area contributed by atoms with Gasteiger partial charge in [-0.25, -0.2) is 4.79 Å². The summed E-state index contributed by atoms with van der Waals surface area (Å²) in [5, 5.41) is 0. The molecule has 0 amide bonds. The average molecular weight is 324 g/mol. The zero-order valence-corrected chi connectivity index (χ0v) is 14.3. The predicted octanol–water partition coefficient (Wildman–Crippen LogP) is 4.84. The summed E-state index contributed by atoms with van der Waals surface area (Å²) in [4.78, 5) is 12.0. The summed E-state index contributed by atoms with van der Waals surface area (Å²) in [5.41, 5.74) is 4.61. The molecule has 1 saturated heterocycles. The van der Waals surface area contributed by atoms with Crippen molar-refractivity contribution in [1.29, 1.82) is 0 Å². The number of esters is 1. The van der Waals surface area contributed by atoms with Gasteiger partial charge in [0.25, 0.3) is 0 Å². The molecule has 0 spiro atoms. The number of aryl methyl sites for hydroxylation is 1. The molecule has 24 heavy (non-hydrogen) atoms. The highest BCUT2D eigenvalue weighted by Crippen LogP contribution is 2.41. The number of carbonyl (C=O) groups is 1. The number of epoxide rings is 1. The molecule has 0 radical (unpaired) electrons. The molecule has 0 saturated carbocycles. The van der Waals surface area contributed by atoms with Crippen LogP contribution in [0.4, 0.5) is 0 Å². The highest BCUT2D eigenvalue weighted by atomic mass is 16.6. The Kier molecular flexibility index (Phi) is 5.31. The van der Waals surface area contributed by atoms with Crippen LogP contribution in [0.5, 0.6) is 0 Å². The van der Waals surface area contributed by atoms with Gasteiger partial charge in [-0.3, -0.25) is 0 Å². The second kappa shape index (κ2) is 7.63. The molecule has 1 aliphatic heterocycles. The molecular formula is C21H24O3. The van der Waals surface area contributed by atoms with E-state index in [2.05, 4.69) is 38.1 Å². The molecule has 1 heterocycles. The molecule has 0 aromatic heterocycles.